The molecule has 0 atom stereocenters. The quantitative estimate of drug-likeness (QED) is 0.640. The van der Waals surface area contributed by atoms with Gasteiger partial charge in [-0.05, 0) is 35.9 Å². The second-order valence-corrected chi connectivity index (χ2v) is 5.31. The summed E-state index contributed by atoms with van der Waals surface area (Å²) in [6.45, 7) is 0.340. The van der Waals surface area contributed by atoms with E-state index in [1.54, 1.807) is 30.3 Å². The number of benzene rings is 2. The predicted octanol–water partition coefficient (Wildman–Crippen LogP) is 4.51. The molecule has 0 heterocycles. The highest BCUT2D eigenvalue weighted by Gasteiger charge is 2.06. The minimum Gasteiger partial charge on any atom is -0.489 e. The van der Waals surface area contributed by atoms with Crippen molar-refractivity contribution >= 4 is 40.6 Å². The molecule has 0 aromatic heterocycles. The second-order valence-electron chi connectivity index (χ2n) is 4.09. The van der Waals surface area contributed by atoms with Crippen molar-refractivity contribution in [2.45, 2.75) is 6.61 Å². The van der Waals surface area contributed by atoms with Crippen LogP contribution in [0.2, 0.25) is 15.1 Å². The van der Waals surface area contributed by atoms with Crippen molar-refractivity contribution in [2.24, 2.45) is 5.73 Å². The molecule has 0 saturated carbocycles. The van der Waals surface area contributed by atoms with E-state index in [0.717, 1.165) is 5.56 Å². The molecule has 2 aromatic carbocycles. The number of ether oxygens (including phenoxy) is 1. The molecule has 3 N–H and O–H groups in total. The first-order valence-electron chi connectivity index (χ1n) is 5.68. The first-order valence-corrected chi connectivity index (χ1v) is 6.81. The minimum atomic E-state index is -0.0777. The fourth-order valence-electron chi connectivity index (χ4n) is 1.60. The second kappa shape index (κ2) is 6.35. The van der Waals surface area contributed by atoms with Gasteiger partial charge in [-0.1, -0.05) is 40.9 Å². The Bertz CT molecular complexity index is 659. The Morgan fingerprint density at radius 1 is 1.00 bits per heavy atom. The van der Waals surface area contributed by atoms with Crippen LogP contribution in [0.15, 0.2) is 36.4 Å². The van der Waals surface area contributed by atoms with Gasteiger partial charge in [0.1, 0.15) is 18.2 Å². The SMILES string of the molecule is N=C(N)c1ccc(OCc2ccc(Cl)c(Cl)c2)cc1Cl. The average Bonchev–Trinajstić information content (AvgIpc) is 2.40. The van der Waals surface area contributed by atoms with Crippen molar-refractivity contribution < 1.29 is 4.74 Å². The van der Waals surface area contributed by atoms with Gasteiger partial charge in [0.05, 0.1) is 15.1 Å². The molecule has 0 radical (unpaired) electrons. The van der Waals surface area contributed by atoms with E-state index in [2.05, 4.69) is 0 Å². The van der Waals surface area contributed by atoms with Crippen LogP contribution >= 0.6 is 34.8 Å². The molecule has 0 aliphatic rings. The number of hydrogen-bond acceptors (Lipinski definition) is 2. The lowest BCUT2D eigenvalue weighted by atomic mass is 10.2. The average molecular weight is 330 g/mol. The van der Waals surface area contributed by atoms with E-state index in [1.165, 1.54) is 0 Å². The smallest absolute Gasteiger partial charge is 0.124 e. The lowest BCUT2D eigenvalue weighted by Crippen LogP contribution is -2.11. The molecule has 0 bridgehead atoms. The van der Waals surface area contributed by atoms with Crippen molar-refractivity contribution in [3.05, 3.63) is 62.6 Å². The van der Waals surface area contributed by atoms with Crippen molar-refractivity contribution in [3.63, 3.8) is 0 Å². The van der Waals surface area contributed by atoms with Crippen LogP contribution in [0.4, 0.5) is 0 Å². The third-order valence-corrected chi connectivity index (χ3v) is 3.67. The number of nitrogen functional groups attached to an aromatic ring is 1. The molecular formula is C14H11Cl3N2O. The maximum Gasteiger partial charge on any atom is 0.124 e. The zero-order chi connectivity index (χ0) is 14.7. The summed E-state index contributed by atoms with van der Waals surface area (Å²) in [6.07, 6.45) is 0. The molecule has 0 aliphatic carbocycles. The maximum absolute atomic E-state index is 7.35. The number of nitrogens with one attached hydrogen (secondary N) is 1. The zero-order valence-electron chi connectivity index (χ0n) is 10.3. The van der Waals surface area contributed by atoms with E-state index in [-0.39, 0.29) is 5.84 Å². The minimum absolute atomic E-state index is 0.0777. The highest BCUT2D eigenvalue weighted by atomic mass is 35.5. The number of amidine groups is 1. The highest BCUT2D eigenvalue weighted by molar-refractivity contribution is 6.42. The summed E-state index contributed by atoms with van der Waals surface area (Å²) in [4.78, 5) is 0. The first-order chi connectivity index (χ1) is 9.47. The van der Waals surface area contributed by atoms with Crippen molar-refractivity contribution in [2.75, 3.05) is 0 Å². The summed E-state index contributed by atoms with van der Waals surface area (Å²) >= 11 is 17.8. The summed E-state index contributed by atoms with van der Waals surface area (Å²) in [5, 5.41) is 8.72. The molecule has 0 fully saturated rings. The molecule has 104 valence electrons. The standard InChI is InChI=1S/C14H11Cl3N2O/c15-11-4-1-8(5-13(11)17)7-20-9-2-3-10(14(18)19)12(16)6-9/h1-6H,7H2,(H3,18,19). The molecule has 6 heteroatoms. The highest BCUT2D eigenvalue weighted by Crippen LogP contribution is 2.25. The maximum atomic E-state index is 7.35. The van der Waals surface area contributed by atoms with Crippen LogP contribution < -0.4 is 10.5 Å². The fraction of sp³-hybridized carbons (Fsp3) is 0.0714. The van der Waals surface area contributed by atoms with Gasteiger partial charge in [-0.25, -0.2) is 0 Å². The Morgan fingerprint density at radius 2 is 1.75 bits per heavy atom. The molecule has 0 amide bonds. The lowest BCUT2D eigenvalue weighted by molar-refractivity contribution is 0.306. The molecule has 0 spiro atoms. The number of nitrogens with two attached hydrogens (primary N) is 1. The Hall–Kier alpha value is -1.42. The van der Waals surface area contributed by atoms with Crippen LogP contribution in [0.5, 0.6) is 5.75 Å². The Labute approximate surface area is 131 Å². The molecule has 2 aromatic rings. The topological polar surface area (TPSA) is 59.1 Å². The number of hydrogen-bond donors (Lipinski definition) is 2. The fourth-order valence-corrected chi connectivity index (χ4v) is 2.19. The monoisotopic (exact) mass is 328 g/mol. The zero-order valence-corrected chi connectivity index (χ0v) is 12.6. The van der Waals surface area contributed by atoms with Crippen molar-refractivity contribution in [1.82, 2.24) is 0 Å². The van der Waals surface area contributed by atoms with E-state index in [0.29, 0.717) is 33.0 Å². The molecule has 3 nitrogen and oxygen atoms in total. The lowest BCUT2D eigenvalue weighted by Gasteiger charge is -2.09. The molecular weight excluding hydrogens is 319 g/mol. The van der Waals surface area contributed by atoms with E-state index < -0.39 is 0 Å². The Balaban J connectivity index is 2.09. The summed E-state index contributed by atoms with van der Waals surface area (Å²) in [7, 11) is 0. The molecule has 0 saturated heterocycles. The van der Waals surface area contributed by atoms with E-state index >= 15 is 0 Å². The van der Waals surface area contributed by atoms with Crippen molar-refractivity contribution in [1.29, 1.82) is 5.41 Å². The Morgan fingerprint density at radius 3 is 2.35 bits per heavy atom. The van der Waals surface area contributed by atoms with Crippen molar-refractivity contribution in [3.8, 4) is 5.75 Å². The van der Waals surface area contributed by atoms with Gasteiger partial charge in [-0.2, -0.15) is 0 Å². The predicted molar refractivity (Wildman–Crippen MR) is 83.3 cm³/mol. The molecule has 0 aliphatic heterocycles. The first kappa shape index (κ1) is 15.0. The van der Waals surface area contributed by atoms with Gasteiger partial charge in [0, 0.05) is 5.56 Å². The summed E-state index contributed by atoms with van der Waals surface area (Å²) in [5.41, 5.74) is 6.77. The number of halogens is 3. The third-order valence-electron chi connectivity index (χ3n) is 2.62. The number of rotatable bonds is 4. The third kappa shape index (κ3) is 3.57. The normalized spacial score (nSPS) is 10.3. The summed E-state index contributed by atoms with van der Waals surface area (Å²) in [5.74, 6) is 0.511. The van der Waals surface area contributed by atoms with Gasteiger partial charge in [0.25, 0.3) is 0 Å². The van der Waals surface area contributed by atoms with Crippen LogP contribution in [0.3, 0.4) is 0 Å². The van der Waals surface area contributed by atoms with Crippen LogP contribution in [0, 0.1) is 5.41 Å². The van der Waals surface area contributed by atoms with Gasteiger partial charge in [-0.15, -0.1) is 0 Å². The van der Waals surface area contributed by atoms with Crippen LogP contribution in [0.1, 0.15) is 11.1 Å². The van der Waals surface area contributed by atoms with Crippen LogP contribution in [0.25, 0.3) is 0 Å². The van der Waals surface area contributed by atoms with Gasteiger partial charge < -0.3 is 10.5 Å². The van der Waals surface area contributed by atoms with Gasteiger partial charge in [-0.3, -0.25) is 5.41 Å². The molecule has 20 heavy (non-hydrogen) atoms. The molecule has 0 unspecified atom stereocenters. The van der Waals surface area contributed by atoms with E-state index in [1.807, 2.05) is 6.07 Å². The van der Waals surface area contributed by atoms with E-state index in [4.69, 9.17) is 50.7 Å². The van der Waals surface area contributed by atoms with E-state index in [9.17, 15) is 0 Å². The summed E-state index contributed by atoms with van der Waals surface area (Å²) in [6, 6.07) is 10.3. The largest absolute Gasteiger partial charge is 0.489 e. The summed E-state index contributed by atoms with van der Waals surface area (Å²) < 4.78 is 5.61. The molecule has 2 rings (SSSR count). The van der Waals surface area contributed by atoms with Gasteiger partial charge >= 0.3 is 0 Å². The van der Waals surface area contributed by atoms with Crippen LogP contribution in [-0.2, 0) is 6.61 Å². The van der Waals surface area contributed by atoms with Crippen LogP contribution in [-0.4, -0.2) is 5.84 Å². The van der Waals surface area contributed by atoms with Gasteiger partial charge in [0.2, 0.25) is 0 Å². The van der Waals surface area contributed by atoms with Gasteiger partial charge in [0.15, 0.2) is 0 Å². The Kier molecular flexibility index (Phi) is 4.76.